The van der Waals surface area contributed by atoms with Crippen LogP contribution in [0.5, 0.6) is 0 Å². The Morgan fingerprint density at radius 2 is 1.85 bits per heavy atom. The van der Waals surface area contributed by atoms with Gasteiger partial charge in [-0.1, -0.05) is 0 Å². The number of aromatic nitrogens is 4. The van der Waals surface area contributed by atoms with Crippen LogP contribution in [0, 0.1) is 0 Å². The predicted octanol–water partition coefficient (Wildman–Crippen LogP) is 2.83. The highest BCUT2D eigenvalue weighted by atomic mass is 35.5. The molecular formula is C18H22Cl2N6O. The van der Waals surface area contributed by atoms with Gasteiger partial charge in [0.05, 0.1) is 0 Å². The van der Waals surface area contributed by atoms with Gasteiger partial charge < -0.3 is 15.6 Å². The highest BCUT2D eigenvalue weighted by molar-refractivity contribution is 5.97. The highest BCUT2D eigenvalue weighted by Gasteiger charge is 2.42. The van der Waals surface area contributed by atoms with Gasteiger partial charge in [-0.05, 0) is 56.3 Å². The number of benzene rings is 1. The minimum absolute atomic E-state index is 0. The van der Waals surface area contributed by atoms with Crippen LogP contribution in [0.15, 0.2) is 55.1 Å². The van der Waals surface area contributed by atoms with Gasteiger partial charge in [0.15, 0.2) is 0 Å². The Balaban J connectivity index is 0.00000131. The first-order valence-electron chi connectivity index (χ1n) is 8.40. The Morgan fingerprint density at radius 3 is 2.44 bits per heavy atom. The molecule has 0 radical (unpaired) electrons. The first-order chi connectivity index (χ1) is 12.3. The molecule has 0 bridgehead atoms. The van der Waals surface area contributed by atoms with E-state index in [9.17, 15) is 4.79 Å². The molecule has 27 heavy (non-hydrogen) atoms. The minimum atomic E-state index is -0.644. The number of hydrogen-bond acceptors (Lipinski definition) is 4. The molecule has 1 aliphatic heterocycles. The average molecular weight is 409 g/mol. The molecule has 0 aliphatic carbocycles. The fourth-order valence-corrected chi connectivity index (χ4v) is 3.30. The van der Waals surface area contributed by atoms with E-state index in [0.717, 1.165) is 30.2 Å². The number of rotatable bonds is 4. The number of aromatic amines is 1. The molecule has 3 N–H and O–H groups in total. The van der Waals surface area contributed by atoms with Gasteiger partial charge >= 0.3 is 0 Å². The Morgan fingerprint density at radius 1 is 1.11 bits per heavy atom. The number of carbonyl (C=O) groups is 1. The number of carbonyl (C=O) groups excluding carboxylic acids is 1. The lowest BCUT2D eigenvalue weighted by molar-refractivity contribution is -0.126. The van der Waals surface area contributed by atoms with Crippen LogP contribution in [-0.4, -0.2) is 38.7 Å². The maximum atomic E-state index is 13.1. The van der Waals surface area contributed by atoms with Crippen molar-refractivity contribution in [3.05, 3.63) is 55.1 Å². The lowest BCUT2D eigenvalue weighted by Gasteiger charge is -2.36. The van der Waals surface area contributed by atoms with Crippen LogP contribution in [0.4, 0.5) is 5.69 Å². The van der Waals surface area contributed by atoms with Gasteiger partial charge in [-0.25, -0.2) is 4.98 Å². The number of imidazole rings is 1. The van der Waals surface area contributed by atoms with E-state index in [2.05, 4.69) is 25.7 Å². The van der Waals surface area contributed by atoms with Gasteiger partial charge in [-0.2, -0.15) is 5.10 Å². The molecule has 1 fully saturated rings. The lowest BCUT2D eigenvalue weighted by atomic mass is 9.87. The number of halogens is 2. The summed E-state index contributed by atoms with van der Waals surface area (Å²) in [5, 5.41) is 10.7. The van der Waals surface area contributed by atoms with Gasteiger partial charge in [0.2, 0.25) is 0 Å². The van der Waals surface area contributed by atoms with Crippen LogP contribution in [-0.2, 0) is 10.3 Å². The summed E-state index contributed by atoms with van der Waals surface area (Å²) in [4.78, 5) is 20.4. The number of H-pyrrole nitrogens is 1. The molecule has 2 aromatic heterocycles. The molecule has 1 saturated heterocycles. The molecule has 3 aromatic rings. The standard InChI is InChI=1S/C18H20N6O.2ClH/c25-17(18(6-9-19-10-7-18)24-13-1-8-22-24)23-15-4-2-14(3-5-15)16-20-11-12-21-16;;/h1-5,8,11-13,19H,6-7,9-10H2,(H,20,21)(H,23,25);2*1H. The van der Waals surface area contributed by atoms with E-state index in [1.54, 1.807) is 23.3 Å². The van der Waals surface area contributed by atoms with Crippen LogP contribution < -0.4 is 10.6 Å². The van der Waals surface area contributed by atoms with Crippen molar-refractivity contribution in [1.82, 2.24) is 25.1 Å². The largest absolute Gasteiger partial charge is 0.345 e. The number of nitrogens with zero attached hydrogens (tertiary/aromatic N) is 3. The molecule has 0 spiro atoms. The predicted molar refractivity (Wildman–Crippen MR) is 109 cm³/mol. The van der Waals surface area contributed by atoms with Crippen molar-refractivity contribution in [3.63, 3.8) is 0 Å². The van der Waals surface area contributed by atoms with Crippen LogP contribution in [0.2, 0.25) is 0 Å². The lowest BCUT2D eigenvalue weighted by Crippen LogP contribution is -2.52. The number of piperidine rings is 1. The smallest absolute Gasteiger partial charge is 0.252 e. The third-order valence-electron chi connectivity index (χ3n) is 4.71. The van der Waals surface area contributed by atoms with Gasteiger partial charge in [0, 0.05) is 36.0 Å². The van der Waals surface area contributed by atoms with Crippen LogP contribution in [0.1, 0.15) is 12.8 Å². The van der Waals surface area contributed by atoms with Gasteiger partial charge in [0.1, 0.15) is 11.4 Å². The molecule has 1 aromatic carbocycles. The summed E-state index contributed by atoms with van der Waals surface area (Å²) in [6.07, 6.45) is 8.52. The topological polar surface area (TPSA) is 87.6 Å². The Bertz CT molecular complexity index is 827. The maximum absolute atomic E-state index is 13.1. The van der Waals surface area contributed by atoms with E-state index in [0.29, 0.717) is 12.8 Å². The third-order valence-corrected chi connectivity index (χ3v) is 4.71. The van der Waals surface area contributed by atoms with Gasteiger partial charge in [-0.15, -0.1) is 24.8 Å². The molecule has 7 nitrogen and oxygen atoms in total. The molecule has 1 aliphatic rings. The Kier molecular flexibility index (Phi) is 7.01. The summed E-state index contributed by atoms with van der Waals surface area (Å²) in [7, 11) is 0. The minimum Gasteiger partial charge on any atom is -0.345 e. The highest BCUT2D eigenvalue weighted by Crippen LogP contribution is 2.29. The second-order valence-electron chi connectivity index (χ2n) is 6.20. The van der Waals surface area contributed by atoms with Crippen molar-refractivity contribution in [3.8, 4) is 11.4 Å². The van der Waals surface area contributed by atoms with Crippen molar-refractivity contribution in [2.24, 2.45) is 0 Å². The number of nitrogens with one attached hydrogen (secondary N) is 3. The summed E-state index contributed by atoms with van der Waals surface area (Å²) in [6, 6.07) is 9.53. The van der Waals surface area contributed by atoms with Crippen LogP contribution >= 0.6 is 24.8 Å². The summed E-state index contributed by atoms with van der Waals surface area (Å²) >= 11 is 0. The van der Waals surface area contributed by atoms with E-state index >= 15 is 0 Å². The van der Waals surface area contributed by atoms with E-state index in [1.165, 1.54) is 0 Å². The molecule has 0 saturated carbocycles. The molecule has 0 unspecified atom stereocenters. The maximum Gasteiger partial charge on any atom is 0.252 e. The zero-order valence-electron chi connectivity index (χ0n) is 14.6. The normalized spacial score (nSPS) is 15.3. The molecule has 9 heteroatoms. The van der Waals surface area contributed by atoms with E-state index < -0.39 is 5.54 Å². The zero-order chi connectivity index (χ0) is 17.1. The summed E-state index contributed by atoms with van der Waals surface area (Å²) in [5.74, 6) is 0.785. The molecule has 3 heterocycles. The van der Waals surface area contributed by atoms with E-state index in [-0.39, 0.29) is 30.7 Å². The molecule has 0 atom stereocenters. The van der Waals surface area contributed by atoms with Crippen molar-refractivity contribution in [2.75, 3.05) is 18.4 Å². The molecule has 144 valence electrons. The Hall–Kier alpha value is -2.35. The van der Waals surface area contributed by atoms with Crippen molar-refractivity contribution < 1.29 is 4.79 Å². The van der Waals surface area contributed by atoms with Gasteiger partial charge in [0.25, 0.3) is 5.91 Å². The quantitative estimate of drug-likeness (QED) is 0.619. The zero-order valence-corrected chi connectivity index (χ0v) is 16.2. The van der Waals surface area contributed by atoms with Crippen LogP contribution in [0.25, 0.3) is 11.4 Å². The fraction of sp³-hybridized carbons (Fsp3) is 0.278. The summed E-state index contributed by atoms with van der Waals surface area (Å²) in [5.41, 5.74) is 1.10. The summed E-state index contributed by atoms with van der Waals surface area (Å²) < 4.78 is 1.79. The third kappa shape index (κ3) is 4.16. The molecule has 1 amide bonds. The first-order valence-corrected chi connectivity index (χ1v) is 8.40. The van der Waals surface area contributed by atoms with Gasteiger partial charge in [-0.3, -0.25) is 9.48 Å². The van der Waals surface area contributed by atoms with Crippen molar-refractivity contribution in [2.45, 2.75) is 18.4 Å². The second-order valence-corrected chi connectivity index (χ2v) is 6.20. The molecule has 4 rings (SSSR count). The van der Waals surface area contributed by atoms with E-state index in [1.807, 2.05) is 36.5 Å². The SMILES string of the molecule is Cl.Cl.O=C(Nc1ccc(-c2ncc[nH]2)cc1)C1(n2cccn2)CCNCC1. The van der Waals surface area contributed by atoms with Crippen molar-refractivity contribution in [1.29, 1.82) is 0 Å². The van der Waals surface area contributed by atoms with Crippen molar-refractivity contribution >= 4 is 36.4 Å². The van der Waals surface area contributed by atoms with E-state index in [4.69, 9.17) is 0 Å². The number of hydrogen-bond donors (Lipinski definition) is 3. The second kappa shape index (κ2) is 9.03. The van der Waals surface area contributed by atoms with Crippen LogP contribution in [0.3, 0.4) is 0 Å². The number of anilines is 1. The fourth-order valence-electron chi connectivity index (χ4n) is 3.30. The molecular weight excluding hydrogens is 387 g/mol. The number of amides is 1. The summed E-state index contributed by atoms with van der Waals surface area (Å²) in [6.45, 7) is 1.59. The Labute approximate surface area is 169 Å². The first kappa shape index (κ1) is 21.0. The average Bonchev–Trinajstić information content (AvgIpc) is 3.37. The monoisotopic (exact) mass is 408 g/mol.